The Labute approximate surface area is 111 Å². The Balaban J connectivity index is 2.13. The second-order valence-electron chi connectivity index (χ2n) is 5.57. The molecule has 1 atom stereocenters. The molecule has 1 unspecified atom stereocenters. The Morgan fingerprint density at radius 3 is 2.50 bits per heavy atom. The molecule has 0 radical (unpaired) electrons. The Bertz CT molecular complexity index is 406. The van der Waals surface area contributed by atoms with Crippen LogP contribution >= 0.6 is 0 Å². The molecule has 0 aliphatic carbocycles. The van der Waals surface area contributed by atoms with Gasteiger partial charge in [-0.05, 0) is 62.5 Å². The lowest BCUT2D eigenvalue weighted by Crippen LogP contribution is -2.36. The first-order chi connectivity index (χ1) is 8.61. The van der Waals surface area contributed by atoms with Crippen LogP contribution in [0, 0.1) is 20.8 Å². The fourth-order valence-electron chi connectivity index (χ4n) is 2.86. The van der Waals surface area contributed by atoms with E-state index < -0.39 is 0 Å². The van der Waals surface area contributed by atoms with Gasteiger partial charge in [0.1, 0.15) is 0 Å². The van der Waals surface area contributed by atoms with Crippen molar-refractivity contribution in [3.05, 3.63) is 34.4 Å². The smallest absolute Gasteiger partial charge is 0.0239 e. The Kier molecular flexibility index (Phi) is 4.41. The zero-order valence-electron chi connectivity index (χ0n) is 12.2. The number of nitrogens with zero attached hydrogens (tertiary/aromatic N) is 1. The van der Waals surface area contributed by atoms with Crippen LogP contribution in [0.5, 0.6) is 0 Å². The average Bonchev–Trinajstić information content (AvgIpc) is 2.85. The van der Waals surface area contributed by atoms with Gasteiger partial charge in [0.15, 0.2) is 0 Å². The van der Waals surface area contributed by atoms with Crippen molar-refractivity contribution in [2.24, 2.45) is 0 Å². The van der Waals surface area contributed by atoms with Gasteiger partial charge >= 0.3 is 0 Å². The van der Waals surface area contributed by atoms with E-state index in [1.165, 1.54) is 35.2 Å². The molecule has 1 aliphatic heterocycles. The highest BCUT2D eigenvalue weighted by atomic mass is 15.2. The topological polar surface area (TPSA) is 15.3 Å². The maximum atomic E-state index is 3.47. The highest BCUT2D eigenvalue weighted by Crippen LogP contribution is 2.19. The minimum atomic E-state index is 0.719. The molecular formula is C16H26N2. The molecule has 0 spiro atoms. The predicted molar refractivity (Wildman–Crippen MR) is 78.0 cm³/mol. The van der Waals surface area contributed by atoms with Crippen LogP contribution in [0.25, 0.3) is 0 Å². The lowest BCUT2D eigenvalue weighted by molar-refractivity contribution is 0.210. The number of hydrogen-bond donors (Lipinski definition) is 1. The first kappa shape index (κ1) is 13.6. The molecule has 1 heterocycles. The number of likely N-dealkylation sites (N-methyl/N-ethyl adjacent to an activating group) is 1. The third-order valence-corrected chi connectivity index (χ3v) is 4.28. The van der Waals surface area contributed by atoms with Crippen LogP contribution in [-0.4, -0.2) is 30.6 Å². The van der Waals surface area contributed by atoms with E-state index in [0.717, 1.165) is 25.7 Å². The molecule has 18 heavy (non-hydrogen) atoms. The number of hydrogen-bond acceptors (Lipinski definition) is 2. The second-order valence-corrected chi connectivity index (χ2v) is 5.57. The summed E-state index contributed by atoms with van der Waals surface area (Å²) in [6, 6.07) is 5.41. The summed E-state index contributed by atoms with van der Waals surface area (Å²) in [5.74, 6) is 0. The van der Waals surface area contributed by atoms with Crippen LogP contribution in [0.4, 0.5) is 0 Å². The maximum Gasteiger partial charge on any atom is 0.0239 e. The van der Waals surface area contributed by atoms with E-state index in [9.17, 15) is 0 Å². The summed E-state index contributed by atoms with van der Waals surface area (Å²) in [5.41, 5.74) is 5.74. The summed E-state index contributed by atoms with van der Waals surface area (Å²) in [5, 5.41) is 3.47. The van der Waals surface area contributed by atoms with Crippen LogP contribution in [0.3, 0.4) is 0 Å². The summed E-state index contributed by atoms with van der Waals surface area (Å²) in [6.45, 7) is 13.5. The van der Waals surface area contributed by atoms with Crippen molar-refractivity contribution >= 4 is 0 Å². The molecule has 100 valence electrons. The van der Waals surface area contributed by atoms with E-state index in [4.69, 9.17) is 0 Å². The minimum Gasteiger partial charge on any atom is -0.315 e. The first-order valence-corrected chi connectivity index (χ1v) is 7.13. The fourth-order valence-corrected chi connectivity index (χ4v) is 2.86. The molecule has 2 heteroatoms. The third-order valence-electron chi connectivity index (χ3n) is 4.28. The Morgan fingerprint density at radius 2 is 1.89 bits per heavy atom. The molecule has 2 nitrogen and oxygen atoms in total. The molecule has 0 amide bonds. The summed E-state index contributed by atoms with van der Waals surface area (Å²) in [6.07, 6.45) is 1.29. The van der Waals surface area contributed by atoms with E-state index in [-0.39, 0.29) is 0 Å². The molecule has 0 bridgehead atoms. The summed E-state index contributed by atoms with van der Waals surface area (Å²) in [7, 11) is 0. The number of nitrogens with one attached hydrogen (secondary N) is 1. The number of rotatable bonds is 4. The van der Waals surface area contributed by atoms with Crippen LogP contribution in [0.15, 0.2) is 12.1 Å². The Hall–Kier alpha value is -0.860. The van der Waals surface area contributed by atoms with E-state index in [2.05, 4.69) is 50.0 Å². The van der Waals surface area contributed by atoms with Gasteiger partial charge in [0, 0.05) is 19.1 Å². The van der Waals surface area contributed by atoms with Gasteiger partial charge in [-0.1, -0.05) is 19.1 Å². The first-order valence-electron chi connectivity index (χ1n) is 7.13. The standard InChI is InChI=1S/C16H26N2/c1-5-18(16-6-7-17-10-16)11-15-9-13(3)12(2)8-14(15)4/h8-9,16-17H,5-7,10-11H2,1-4H3. The van der Waals surface area contributed by atoms with Gasteiger partial charge in [0.25, 0.3) is 0 Å². The molecule has 0 aromatic heterocycles. The highest BCUT2D eigenvalue weighted by molar-refractivity contribution is 5.36. The molecule has 1 fully saturated rings. The van der Waals surface area contributed by atoms with Gasteiger partial charge in [0.05, 0.1) is 0 Å². The highest BCUT2D eigenvalue weighted by Gasteiger charge is 2.21. The van der Waals surface area contributed by atoms with Crippen molar-refractivity contribution in [3.8, 4) is 0 Å². The van der Waals surface area contributed by atoms with Gasteiger partial charge < -0.3 is 5.32 Å². The summed E-state index contributed by atoms with van der Waals surface area (Å²) < 4.78 is 0. The van der Waals surface area contributed by atoms with E-state index in [0.29, 0.717) is 0 Å². The molecule has 1 aromatic carbocycles. The zero-order valence-corrected chi connectivity index (χ0v) is 12.2. The monoisotopic (exact) mass is 246 g/mol. The van der Waals surface area contributed by atoms with E-state index in [1.54, 1.807) is 0 Å². The molecule has 1 aliphatic rings. The molecule has 1 aromatic rings. The van der Waals surface area contributed by atoms with Gasteiger partial charge in [0.2, 0.25) is 0 Å². The quantitative estimate of drug-likeness (QED) is 0.879. The Morgan fingerprint density at radius 1 is 1.17 bits per heavy atom. The zero-order chi connectivity index (χ0) is 13.1. The minimum absolute atomic E-state index is 0.719. The van der Waals surface area contributed by atoms with Crippen molar-refractivity contribution in [2.75, 3.05) is 19.6 Å². The largest absolute Gasteiger partial charge is 0.315 e. The molecule has 0 saturated carbocycles. The van der Waals surface area contributed by atoms with Crippen molar-refractivity contribution in [1.29, 1.82) is 0 Å². The molecular weight excluding hydrogens is 220 g/mol. The molecule has 1 saturated heterocycles. The molecule has 1 N–H and O–H groups in total. The van der Waals surface area contributed by atoms with Crippen molar-refractivity contribution < 1.29 is 0 Å². The number of benzene rings is 1. The predicted octanol–water partition coefficient (Wildman–Crippen LogP) is 2.80. The van der Waals surface area contributed by atoms with Crippen molar-refractivity contribution in [3.63, 3.8) is 0 Å². The van der Waals surface area contributed by atoms with Crippen LogP contribution in [0.1, 0.15) is 35.6 Å². The van der Waals surface area contributed by atoms with E-state index >= 15 is 0 Å². The van der Waals surface area contributed by atoms with Gasteiger partial charge in [-0.3, -0.25) is 4.90 Å². The maximum absolute atomic E-state index is 3.47. The lowest BCUT2D eigenvalue weighted by Gasteiger charge is -2.28. The van der Waals surface area contributed by atoms with Crippen LogP contribution in [0.2, 0.25) is 0 Å². The van der Waals surface area contributed by atoms with Gasteiger partial charge in [-0.15, -0.1) is 0 Å². The normalized spacial score (nSPS) is 19.7. The van der Waals surface area contributed by atoms with Crippen LogP contribution < -0.4 is 5.32 Å². The van der Waals surface area contributed by atoms with Gasteiger partial charge in [-0.25, -0.2) is 0 Å². The molecule has 2 rings (SSSR count). The van der Waals surface area contributed by atoms with Gasteiger partial charge in [-0.2, -0.15) is 0 Å². The summed E-state index contributed by atoms with van der Waals surface area (Å²) >= 11 is 0. The number of aryl methyl sites for hydroxylation is 3. The lowest BCUT2D eigenvalue weighted by atomic mass is 10.00. The summed E-state index contributed by atoms with van der Waals surface area (Å²) in [4.78, 5) is 2.61. The second kappa shape index (κ2) is 5.85. The van der Waals surface area contributed by atoms with Crippen molar-refractivity contribution in [2.45, 2.75) is 46.7 Å². The van der Waals surface area contributed by atoms with Crippen LogP contribution in [-0.2, 0) is 6.54 Å². The van der Waals surface area contributed by atoms with E-state index in [1.807, 2.05) is 0 Å². The third kappa shape index (κ3) is 2.93. The SMILES string of the molecule is CCN(Cc1cc(C)c(C)cc1C)C1CCNC1. The van der Waals surface area contributed by atoms with Crippen molar-refractivity contribution in [1.82, 2.24) is 10.2 Å². The average molecular weight is 246 g/mol. The fraction of sp³-hybridized carbons (Fsp3) is 0.625.